The van der Waals surface area contributed by atoms with Gasteiger partial charge in [-0.25, -0.2) is 9.97 Å². The number of thiazole rings is 1. The number of nitrogens with zero attached hydrogens (tertiary/aromatic N) is 2. The van der Waals surface area contributed by atoms with E-state index in [1.807, 2.05) is 26.2 Å². The first-order valence-corrected chi connectivity index (χ1v) is 7.81. The number of hydrogen-bond acceptors (Lipinski definition) is 5. The molecule has 21 heavy (non-hydrogen) atoms. The summed E-state index contributed by atoms with van der Waals surface area (Å²) in [6, 6.07) is 1.61. The molecule has 5 nitrogen and oxygen atoms in total. The Labute approximate surface area is 132 Å². The molecule has 0 aromatic carbocycles. The minimum absolute atomic E-state index is 0.229. The van der Waals surface area contributed by atoms with E-state index in [2.05, 4.69) is 20.6 Å². The molecule has 0 aliphatic rings. The molecule has 0 spiro atoms. The highest BCUT2D eigenvalue weighted by molar-refractivity contribution is 7.09. The van der Waals surface area contributed by atoms with Gasteiger partial charge in [-0.1, -0.05) is 11.6 Å². The minimum atomic E-state index is -0.544. The van der Waals surface area contributed by atoms with Crippen molar-refractivity contribution in [3.63, 3.8) is 0 Å². The SMILES string of the molecule is CCNc1ncc(C(=O)NC(C)(C)c2nccs2)cc1Cl. The summed E-state index contributed by atoms with van der Waals surface area (Å²) in [6.07, 6.45) is 3.23. The van der Waals surface area contributed by atoms with E-state index in [1.165, 1.54) is 17.5 Å². The number of halogens is 1. The standard InChI is InChI=1S/C14H17ClN4OS/c1-4-16-11-10(15)7-9(8-18-11)12(20)19-14(2,3)13-17-5-6-21-13/h5-8H,4H2,1-3H3,(H,16,18)(H,19,20). The largest absolute Gasteiger partial charge is 0.369 e. The lowest BCUT2D eigenvalue weighted by molar-refractivity contribution is 0.0911. The van der Waals surface area contributed by atoms with Gasteiger partial charge in [0.2, 0.25) is 0 Å². The smallest absolute Gasteiger partial charge is 0.253 e. The zero-order valence-electron chi connectivity index (χ0n) is 12.1. The summed E-state index contributed by atoms with van der Waals surface area (Å²) in [5.41, 5.74) is -0.121. The normalized spacial score (nSPS) is 11.2. The fourth-order valence-electron chi connectivity index (χ4n) is 1.80. The van der Waals surface area contributed by atoms with Crippen LogP contribution in [0.15, 0.2) is 23.8 Å². The zero-order valence-corrected chi connectivity index (χ0v) is 13.7. The van der Waals surface area contributed by atoms with Crippen LogP contribution in [0.5, 0.6) is 0 Å². The summed E-state index contributed by atoms with van der Waals surface area (Å²) in [7, 11) is 0. The second-order valence-corrected chi connectivity index (χ2v) is 6.30. The first-order chi connectivity index (χ1) is 9.94. The Hall–Kier alpha value is -1.66. The maximum absolute atomic E-state index is 12.3. The van der Waals surface area contributed by atoms with Gasteiger partial charge in [0.1, 0.15) is 10.8 Å². The van der Waals surface area contributed by atoms with Crippen LogP contribution in [-0.4, -0.2) is 22.4 Å². The molecule has 7 heteroatoms. The van der Waals surface area contributed by atoms with Gasteiger partial charge in [0, 0.05) is 24.3 Å². The van der Waals surface area contributed by atoms with Gasteiger partial charge in [-0.15, -0.1) is 11.3 Å². The molecular weight excluding hydrogens is 308 g/mol. The monoisotopic (exact) mass is 324 g/mol. The number of hydrogen-bond donors (Lipinski definition) is 2. The number of rotatable bonds is 5. The number of amides is 1. The Morgan fingerprint density at radius 1 is 1.43 bits per heavy atom. The van der Waals surface area contributed by atoms with Crippen molar-refractivity contribution in [2.24, 2.45) is 0 Å². The average Bonchev–Trinajstić information content (AvgIpc) is 2.95. The molecule has 2 heterocycles. The van der Waals surface area contributed by atoms with Crippen LogP contribution in [0.4, 0.5) is 5.82 Å². The van der Waals surface area contributed by atoms with Gasteiger partial charge in [0.25, 0.3) is 5.91 Å². The van der Waals surface area contributed by atoms with E-state index >= 15 is 0 Å². The highest BCUT2D eigenvalue weighted by Gasteiger charge is 2.26. The van der Waals surface area contributed by atoms with Crippen LogP contribution in [0, 0.1) is 0 Å². The topological polar surface area (TPSA) is 66.9 Å². The fraction of sp³-hybridized carbons (Fsp3) is 0.357. The van der Waals surface area contributed by atoms with Crippen molar-refractivity contribution in [1.82, 2.24) is 15.3 Å². The third kappa shape index (κ3) is 3.71. The van der Waals surface area contributed by atoms with Gasteiger partial charge in [-0.3, -0.25) is 4.79 Å². The number of carbonyl (C=O) groups is 1. The van der Waals surface area contributed by atoms with Crippen molar-refractivity contribution >= 4 is 34.7 Å². The number of nitrogens with one attached hydrogen (secondary N) is 2. The molecule has 0 saturated heterocycles. The molecule has 1 amide bonds. The zero-order chi connectivity index (χ0) is 15.5. The molecule has 0 atom stereocenters. The van der Waals surface area contributed by atoms with Gasteiger partial charge in [0.15, 0.2) is 0 Å². The van der Waals surface area contributed by atoms with Crippen molar-refractivity contribution in [3.8, 4) is 0 Å². The van der Waals surface area contributed by atoms with E-state index in [9.17, 15) is 4.79 Å². The Bertz CT molecular complexity index is 628. The molecular formula is C14H17ClN4OS. The average molecular weight is 325 g/mol. The van der Waals surface area contributed by atoms with Crippen molar-refractivity contribution in [3.05, 3.63) is 39.4 Å². The number of anilines is 1. The molecule has 0 aliphatic carbocycles. The van der Waals surface area contributed by atoms with E-state index in [4.69, 9.17) is 11.6 Å². The Balaban J connectivity index is 2.15. The van der Waals surface area contributed by atoms with Gasteiger partial charge in [0.05, 0.1) is 16.1 Å². The molecule has 2 rings (SSSR count). The fourth-order valence-corrected chi connectivity index (χ4v) is 2.75. The number of aromatic nitrogens is 2. The van der Waals surface area contributed by atoms with Crippen LogP contribution >= 0.6 is 22.9 Å². The molecule has 0 aliphatic heterocycles. The van der Waals surface area contributed by atoms with Crippen LogP contribution in [0.25, 0.3) is 0 Å². The molecule has 0 bridgehead atoms. The molecule has 0 unspecified atom stereocenters. The lowest BCUT2D eigenvalue weighted by Crippen LogP contribution is -2.41. The second kappa shape index (κ2) is 6.41. The quantitative estimate of drug-likeness (QED) is 0.885. The Kier molecular flexibility index (Phi) is 4.80. The van der Waals surface area contributed by atoms with E-state index in [0.29, 0.717) is 16.4 Å². The Morgan fingerprint density at radius 3 is 2.76 bits per heavy atom. The van der Waals surface area contributed by atoms with Crippen LogP contribution in [0.3, 0.4) is 0 Å². The minimum Gasteiger partial charge on any atom is -0.369 e. The Morgan fingerprint density at radius 2 is 2.19 bits per heavy atom. The van der Waals surface area contributed by atoms with Crippen molar-refractivity contribution in [2.75, 3.05) is 11.9 Å². The summed E-state index contributed by atoms with van der Waals surface area (Å²) in [5.74, 6) is 0.350. The van der Waals surface area contributed by atoms with E-state index < -0.39 is 5.54 Å². The van der Waals surface area contributed by atoms with E-state index in [-0.39, 0.29) is 5.91 Å². The molecule has 2 aromatic rings. The van der Waals surface area contributed by atoms with E-state index in [0.717, 1.165) is 11.6 Å². The summed E-state index contributed by atoms with van der Waals surface area (Å²) in [6.45, 7) is 6.49. The summed E-state index contributed by atoms with van der Waals surface area (Å²) in [4.78, 5) is 20.7. The van der Waals surface area contributed by atoms with Crippen molar-refractivity contribution in [1.29, 1.82) is 0 Å². The van der Waals surface area contributed by atoms with Gasteiger partial charge < -0.3 is 10.6 Å². The predicted octanol–water partition coefficient (Wildman–Crippen LogP) is 3.29. The molecule has 112 valence electrons. The molecule has 0 radical (unpaired) electrons. The lowest BCUT2D eigenvalue weighted by atomic mass is 10.1. The van der Waals surface area contributed by atoms with Crippen LogP contribution < -0.4 is 10.6 Å². The summed E-state index contributed by atoms with van der Waals surface area (Å²) >= 11 is 7.61. The third-order valence-corrected chi connectivity index (χ3v) is 4.23. The lowest BCUT2D eigenvalue weighted by Gasteiger charge is -2.23. The summed E-state index contributed by atoms with van der Waals surface area (Å²) < 4.78 is 0. The first kappa shape index (κ1) is 15.7. The highest BCUT2D eigenvalue weighted by Crippen LogP contribution is 2.24. The maximum atomic E-state index is 12.3. The molecule has 2 N–H and O–H groups in total. The van der Waals surface area contributed by atoms with Gasteiger partial charge in [-0.2, -0.15) is 0 Å². The second-order valence-electron chi connectivity index (χ2n) is 5.00. The first-order valence-electron chi connectivity index (χ1n) is 6.56. The van der Waals surface area contributed by atoms with Crippen LogP contribution in [0.2, 0.25) is 5.02 Å². The molecule has 0 saturated carbocycles. The third-order valence-electron chi connectivity index (χ3n) is 2.84. The molecule has 2 aromatic heterocycles. The number of carbonyl (C=O) groups excluding carboxylic acids is 1. The predicted molar refractivity (Wildman–Crippen MR) is 86.0 cm³/mol. The van der Waals surface area contributed by atoms with Crippen LogP contribution in [-0.2, 0) is 5.54 Å². The van der Waals surface area contributed by atoms with Gasteiger partial charge in [-0.05, 0) is 26.8 Å². The molecule has 0 fully saturated rings. The summed E-state index contributed by atoms with van der Waals surface area (Å²) in [5, 5.41) is 9.13. The van der Waals surface area contributed by atoms with Crippen LogP contribution in [0.1, 0.15) is 36.1 Å². The maximum Gasteiger partial charge on any atom is 0.253 e. The highest BCUT2D eigenvalue weighted by atomic mass is 35.5. The van der Waals surface area contributed by atoms with Gasteiger partial charge >= 0.3 is 0 Å². The number of pyridine rings is 1. The van der Waals surface area contributed by atoms with Crippen molar-refractivity contribution in [2.45, 2.75) is 26.3 Å². The van der Waals surface area contributed by atoms with Crippen molar-refractivity contribution < 1.29 is 4.79 Å². The van der Waals surface area contributed by atoms with E-state index in [1.54, 1.807) is 12.3 Å².